The maximum atomic E-state index is 5.76. The Balaban J connectivity index is 2.20. The van der Waals surface area contributed by atoms with Crippen LogP contribution in [0.2, 0.25) is 0 Å². The molecule has 7 heteroatoms. The first-order chi connectivity index (χ1) is 14.2. The van der Waals surface area contributed by atoms with E-state index < -0.39 is 0 Å². The first-order valence-corrected chi connectivity index (χ1v) is 9.64. The molecule has 1 N–H and O–H groups in total. The van der Waals surface area contributed by atoms with Gasteiger partial charge in [0.25, 0.3) is 0 Å². The number of methoxy groups -OCH3 is 5. The van der Waals surface area contributed by atoms with Crippen molar-refractivity contribution in [1.29, 1.82) is 0 Å². The summed E-state index contributed by atoms with van der Waals surface area (Å²) in [7, 11) is 8.20. The molecule has 0 saturated carbocycles. The van der Waals surface area contributed by atoms with Crippen molar-refractivity contribution in [2.24, 2.45) is 0 Å². The lowest BCUT2D eigenvalue weighted by Gasteiger charge is -2.36. The number of piperazine rings is 1. The van der Waals surface area contributed by atoms with Crippen molar-refractivity contribution in [1.82, 2.24) is 10.2 Å². The lowest BCUT2D eigenvalue weighted by molar-refractivity contribution is 0.194. The molecule has 1 heterocycles. The Morgan fingerprint density at radius 2 is 1.34 bits per heavy atom. The van der Waals surface area contributed by atoms with Crippen LogP contribution >= 0.6 is 0 Å². The molecule has 0 radical (unpaired) electrons. The van der Waals surface area contributed by atoms with Gasteiger partial charge in [-0.3, -0.25) is 4.90 Å². The minimum Gasteiger partial charge on any atom is -0.493 e. The third kappa shape index (κ3) is 4.21. The molecule has 0 bridgehead atoms. The molecule has 1 fully saturated rings. The lowest BCUT2D eigenvalue weighted by Crippen LogP contribution is -2.45. The normalized spacial score (nSPS) is 15.5. The molecule has 158 valence electrons. The predicted octanol–water partition coefficient (Wildman–Crippen LogP) is 2.72. The Morgan fingerprint density at radius 3 is 1.86 bits per heavy atom. The third-order valence-corrected chi connectivity index (χ3v) is 5.25. The van der Waals surface area contributed by atoms with Gasteiger partial charge >= 0.3 is 0 Å². The summed E-state index contributed by atoms with van der Waals surface area (Å²) in [6.45, 7) is 3.66. The van der Waals surface area contributed by atoms with Gasteiger partial charge in [0.05, 0.1) is 41.6 Å². The molecular formula is C22H30N2O5. The van der Waals surface area contributed by atoms with Crippen LogP contribution < -0.4 is 29.0 Å². The van der Waals surface area contributed by atoms with Gasteiger partial charge in [0.1, 0.15) is 0 Å². The molecular weight excluding hydrogens is 372 g/mol. The number of hydrogen-bond acceptors (Lipinski definition) is 7. The molecule has 0 aromatic heterocycles. The molecule has 1 atom stereocenters. The number of hydrogen-bond donors (Lipinski definition) is 1. The zero-order valence-corrected chi connectivity index (χ0v) is 17.8. The summed E-state index contributed by atoms with van der Waals surface area (Å²) in [5.74, 6) is 3.27. The van der Waals surface area contributed by atoms with Gasteiger partial charge in [-0.05, 0) is 23.8 Å². The monoisotopic (exact) mass is 402 g/mol. The zero-order chi connectivity index (χ0) is 20.8. The smallest absolute Gasteiger partial charge is 0.203 e. The molecule has 1 unspecified atom stereocenters. The Hall–Kier alpha value is -2.64. The number of benzene rings is 2. The average Bonchev–Trinajstić information content (AvgIpc) is 2.78. The van der Waals surface area contributed by atoms with Crippen LogP contribution in [0.5, 0.6) is 28.7 Å². The number of nitrogens with zero attached hydrogens (tertiary/aromatic N) is 1. The topological polar surface area (TPSA) is 61.4 Å². The van der Waals surface area contributed by atoms with Gasteiger partial charge in [-0.1, -0.05) is 12.1 Å². The molecule has 7 nitrogen and oxygen atoms in total. The summed E-state index contributed by atoms with van der Waals surface area (Å²) in [6, 6.07) is 9.93. The summed E-state index contributed by atoms with van der Waals surface area (Å²) in [4.78, 5) is 2.43. The lowest BCUT2D eigenvalue weighted by atomic mass is 9.94. The van der Waals surface area contributed by atoms with Crippen LogP contribution in [0.15, 0.2) is 30.3 Å². The Morgan fingerprint density at radius 1 is 0.759 bits per heavy atom. The first-order valence-electron chi connectivity index (χ1n) is 9.64. The molecule has 1 saturated heterocycles. The fourth-order valence-electron chi connectivity index (χ4n) is 3.91. The molecule has 0 spiro atoms. The maximum Gasteiger partial charge on any atom is 0.203 e. The van der Waals surface area contributed by atoms with Crippen molar-refractivity contribution in [3.05, 3.63) is 41.5 Å². The summed E-state index contributed by atoms with van der Waals surface area (Å²) < 4.78 is 28.0. The van der Waals surface area contributed by atoms with Crippen LogP contribution in [0, 0.1) is 0 Å². The van der Waals surface area contributed by atoms with Gasteiger partial charge in [-0.2, -0.15) is 0 Å². The SMILES string of the molecule is COc1cc(C(c2cccc(OC)c2OC)N2CCNCC2)cc(OC)c1OC. The quantitative estimate of drug-likeness (QED) is 0.728. The molecule has 1 aliphatic heterocycles. The summed E-state index contributed by atoms with van der Waals surface area (Å²) in [6.07, 6.45) is 0. The van der Waals surface area contributed by atoms with Crippen LogP contribution in [-0.4, -0.2) is 66.6 Å². The minimum atomic E-state index is -0.0594. The van der Waals surface area contributed by atoms with Crippen LogP contribution in [-0.2, 0) is 0 Å². The largest absolute Gasteiger partial charge is 0.493 e. The molecule has 2 aromatic rings. The average molecular weight is 402 g/mol. The standard InChI is InChI=1S/C22H30N2O5/c1-25-17-8-6-7-16(21(17)28-4)20(24-11-9-23-10-12-24)15-13-18(26-2)22(29-5)19(14-15)27-3/h6-8,13-14,20,23H,9-12H2,1-5H3. The summed E-state index contributed by atoms with van der Waals surface area (Å²) >= 11 is 0. The number of nitrogens with one attached hydrogen (secondary N) is 1. The first kappa shape index (κ1) is 21.1. The van der Waals surface area contributed by atoms with Gasteiger partial charge in [0, 0.05) is 31.7 Å². The molecule has 0 aliphatic carbocycles. The Labute approximate surface area is 172 Å². The third-order valence-electron chi connectivity index (χ3n) is 5.25. The zero-order valence-electron chi connectivity index (χ0n) is 17.8. The number of para-hydroxylation sites is 1. The summed E-state index contributed by atoms with van der Waals surface area (Å²) in [5, 5.41) is 3.42. The fourth-order valence-corrected chi connectivity index (χ4v) is 3.91. The highest BCUT2D eigenvalue weighted by atomic mass is 16.5. The van der Waals surface area contributed by atoms with E-state index >= 15 is 0 Å². The highest BCUT2D eigenvalue weighted by molar-refractivity contribution is 5.57. The van der Waals surface area contributed by atoms with Crippen LogP contribution in [0.3, 0.4) is 0 Å². The van der Waals surface area contributed by atoms with Crippen molar-refractivity contribution in [3.8, 4) is 28.7 Å². The van der Waals surface area contributed by atoms with E-state index in [1.807, 2.05) is 24.3 Å². The second-order valence-electron chi connectivity index (χ2n) is 6.73. The molecule has 1 aliphatic rings. The van der Waals surface area contributed by atoms with E-state index in [1.165, 1.54) is 0 Å². The van der Waals surface area contributed by atoms with Gasteiger partial charge < -0.3 is 29.0 Å². The van der Waals surface area contributed by atoms with E-state index in [0.29, 0.717) is 23.0 Å². The number of ether oxygens (including phenoxy) is 5. The maximum absolute atomic E-state index is 5.76. The van der Waals surface area contributed by atoms with Crippen molar-refractivity contribution in [2.45, 2.75) is 6.04 Å². The van der Waals surface area contributed by atoms with Gasteiger partial charge in [-0.15, -0.1) is 0 Å². The summed E-state index contributed by atoms with van der Waals surface area (Å²) in [5.41, 5.74) is 2.07. The van der Waals surface area contributed by atoms with E-state index in [4.69, 9.17) is 23.7 Å². The van der Waals surface area contributed by atoms with Crippen molar-refractivity contribution < 1.29 is 23.7 Å². The highest BCUT2D eigenvalue weighted by Crippen LogP contribution is 2.45. The van der Waals surface area contributed by atoms with Crippen molar-refractivity contribution >= 4 is 0 Å². The second-order valence-corrected chi connectivity index (χ2v) is 6.73. The van der Waals surface area contributed by atoms with Gasteiger partial charge in [-0.25, -0.2) is 0 Å². The van der Waals surface area contributed by atoms with Crippen molar-refractivity contribution in [2.75, 3.05) is 61.7 Å². The highest BCUT2D eigenvalue weighted by Gasteiger charge is 2.30. The van der Waals surface area contributed by atoms with E-state index in [2.05, 4.69) is 16.3 Å². The van der Waals surface area contributed by atoms with E-state index in [0.717, 1.165) is 43.1 Å². The minimum absolute atomic E-state index is 0.0594. The fraction of sp³-hybridized carbons (Fsp3) is 0.455. The van der Waals surface area contributed by atoms with Crippen LogP contribution in [0.1, 0.15) is 17.2 Å². The molecule has 29 heavy (non-hydrogen) atoms. The number of rotatable bonds is 8. The Kier molecular flexibility index (Phi) is 7.06. The van der Waals surface area contributed by atoms with Crippen molar-refractivity contribution in [3.63, 3.8) is 0 Å². The van der Waals surface area contributed by atoms with Crippen LogP contribution in [0.4, 0.5) is 0 Å². The predicted molar refractivity (Wildman–Crippen MR) is 112 cm³/mol. The van der Waals surface area contributed by atoms with Gasteiger partial charge in [0.15, 0.2) is 23.0 Å². The van der Waals surface area contributed by atoms with Crippen LogP contribution in [0.25, 0.3) is 0 Å². The molecule has 2 aromatic carbocycles. The molecule has 0 amide bonds. The van der Waals surface area contributed by atoms with Gasteiger partial charge in [0.2, 0.25) is 5.75 Å². The van der Waals surface area contributed by atoms with E-state index in [9.17, 15) is 0 Å². The molecule has 3 rings (SSSR count). The van der Waals surface area contributed by atoms with E-state index in [1.54, 1.807) is 35.5 Å². The van der Waals surface area contributed by atoms with E-state index in [-0.39, 0.29) is 6.04 Å². The Bertz CT molecular complexity index is 796. The second kappa shape index (κ2) is 9.71.